The minimum Gasteiger partial charge on any atom is -0.384 e. The molecule has 0 fully saturated rings. The average molecular weight is 1040 g/mol. The summed E-state index contributed by atoms with van der Waals surface area (Å²) in [7, 11) is 4.46. The second kappa shape index (κ2) is 24.9. The standard InChI is InChI=1S/C33H36ClN5.C33H37N5/c1-39(20-8-18-35-32-24-10-2-5-13-28(24)37-29-14-6-3-11-25(29)32)21-9-19-36-33-26-12-4-7-15-30(26)38-31-22-23(34)16-17-27(31)33;1-38(22-10-20-34-32-24-12-2-6-16-28(24)36-29-17-7-3-13-25(29)32)23-11-21-35-33-26-14-4-8-18-30(26)37-31-19-9-5-15-27(31)33/h2-3,5-6,10-11,13-14,16-17,22H,4,7-9,12,15,18-21H2,1H3,(H,35,37)(H,36,38);2-4,6-8,12-14,16-18H,5,9-11,15,19-23H2,1H3,(H,34,36)(H,35,37). The number of rotatable bonds is 20. The Morgan fingerprint density at radius 1 is 0.364 bits per heavy atom. The van der Waals surface area contributed by atoms with Crippen LogP contribution in [0.5, 0.6) is 0 Å². The van der Waals surface area contributed by atoms with E-state index in [1.807, 2.05) is 12.1 Å². The third kappa shape index (κ3) is 12.2. The number of hydrogen-bond acceptors (Lipinski definition) is 10. The fourth-order valence-electron chi connectivity index (χ4n) is 11.7. The first-order chi connectivity index (χ1) is 37.9. The average Bonchev–Trinajstić information content (AvgIpc) is 3.46. The molecule has 12 rings (SSSR count). The van der Waals surface area contributed by atoms with Gasteiger partial charge in [-0.1, -0.05) is 103 Å². The second-order valence-corrected chi connectivity index (χ2v) is 21.6. The number of aromatic nitrogens is 4. The maximum atomic E-state index is 6.28. The molecule has 0 unspecified atom stereocenters. The Morgan fingerprint density at radius 2 is 0.675 bits per heavy atom. The van der Waals surface area contributed by atoms with Crippen LogP contribution < -0.4 is 21.3 Å². The van der Waals surface area contributed by atoms with Crippen LogP contribution in [-0.2, 0) is 25.7 Å². The normalized spacial score (nSPS) is 13.3. The molecule has 0 amide bonds. The summed E-state index contributed by atoms with van der Waals surface area (Å²) in [5.74, 6) is 0. The van der Waals surface area contributed by atoms with Crippen LogP contribution in [0.2, 0.25) is 5.02 Å². The third-order valence-corrected chi connectivity index (χ3v) is 15.9. The van der Waals surface area contributed by atoms with Crippen LogP contribution in [0.15, 0.2) is 140 Å². The van der Waals surface area contributed by atoms with E-state index in [4.69, 9.17) is 31.5 Å². The van der Waals surface area contributed by atoms with E-state index in [-0.39, 0.29) is 0 Å². The Morgan fingerprint density at radius 3 is 1.08 bits per heavy atom. The van der Waals surface area contributed by atoms with Crippen molar-refractivity contribution in [2.75, 3.05) is 87.7 Å². The first-order valence-corrected chi connectivity index (χ1v) is 28.7. The van der Waals surface area contributed by atoms with E-state index in [0.29, 0.717) is 0 Å². The van der Waals surface area contributed by atoms with Gasteiger partial charge in [0.25, 0.3) is 0 Å². The van der Waals surface area contributed by atoms with Crippen molar-refractivity contribution in [3.8, 4) is 0 Å². The maximum absolute atomic E-state index is 6.28. The van der Waals surface area contributed by atoms with Gasteiger partial charge < -0.3 is 31.1 Å². The highest BCUT2D eigenvalue weighted by Gasteiger charge is 2.20. The van der Waals surface area contributed by atoms with Crippen molar-refractivity contribution in [3.63, 3.8) is 0 Å². The molecule has 0 aliphatic heterocycles. The lowest BCUT2D eigenvalue weighted by atomic mass is 9.92. The summed E-state index contributed by atoms with van der Waals surface area (Å²) in [5.41, 5.74) is 16.7. The Labute approximate surface area is 459 Å². The fourth-order valence-corrected chi connectivity index (χ4v) is 11.9. The van der Waals surface area contributed by atoms with Gasteiger partial charge in [-0.2, -0.15) is 0 Å². The van der Waals surface area contributed by atoms with Gasteiger partial charge in [0, 0.05) is 86.3 Å². The van der Waals surface area contributed by atoms with Gasteiger partial charge in [-0.05, 0) is 177 Å². The lowest BCUT2D eigenvalue weighted by molar-refractivity contribution is 0.331. The summed E-state index contributed by atoms with van der Waals surface area (Å²) in [6.45, 7) is 8.07. The fraction of sp³-hybridized carbons (Fsp3) is 0.333. The number of aryl methyl sites for hydroxylation is 2. The number of benzene rings is 6. The molecule has 0 saturated carbocycles. The summed E-state index contributed by atoms with van der Waals surface area (Å²) < 4.78 is 0. The van der Waals surface area contributed by atoms with E-state index in [9.17, 15) is 0 Å². The predicted molar refractivity (Wildman–Crippen MR) is 328 cm³/mol. The topological polar surface area (TPSA) is 106 Å². The molecular formula is C66H73ClN10. The second-order valence-electron chi connectivity index (χ2n) is 21.2. The number of nitrogens with one attached hydrogen (secondary N) is 4. The summed E-state index contributed by atoms with van der Waals surface area (Å²) in [5, 5.41) is 23.0. The SMILES string of the molecule is CN(CCCNc1c2c(nc3cc(Cl)ccc13)CCCC2)CCCNc1c2ccccc2nc2ccccc12.CN(CCCNc1c2c(nc3ccccc13)CCCC2)CCCNc1c2ccccc2nc2ccccc12. The van der Waals surface area contributed by atoms with Crippen molar-refractivity contribution in [3.05, 3.63) is 167 Å². The quantitative estimate of drug-likeness (QED) is 0.0436. The molecule has 0 radical (unpaired) electrons. The van der Waals surface area contributed by atoms with Crippen LogP contribution in [0, 0.1) is 0 Å². The zero-order valence-electron chi connectivity index (χ0n) is 45.0. The first-order valence-electron chi connectivity index (χ1n) is 28.3. The first kappa shape index (κ1) is 52.0. The van der Waals surface area contributed by atoms with E-state index >= 15 is 0 Å². The molecule has 10 aromatic rings. The number of anilines is 4. The number of para-hydroxylation sites is 5. The van der Waals surface area contributed by atoms with Gasteiger partial charge in [-0.25, -0.2) is 9.97 Å². The summed E-state index contributed by atoms with van der Waals surface area (Å²) in [6.07, 6.45) is 13.8. The number of pyridine rings is 4. The molecule has 77 heavy (non-hydrogen) atoms. The van der Waals surface area contributed by atoms with Crippen LogP contribution in [0.3, 0.4) is 0 Å². The Kier molecular flexibility index (Phi) is 16.8. The minimum atomic E-state index is 0.748. The van der Waals surface area contributed by atoms with Crippen LogP contribution >= 0.6 is 11.6 Å². The highest BCUT2D eigenvalue weighted by molar-refractivity contribution is 6.31. The van der Waals surface area contributed by atoms with Gasteiger partial charge in [0.1, 0.15) is 0 Å². The molecule has 4 N–H and O–H groups in total. The van der Waals surface area contributed by atoms with Crippen molar-refractivity contribution in [2.45, 2.75) is 77.0 Å². The van der Waals surface area contributed by atoms with Gasteiger partial charge in [-0.3, -0.25) is 9.97 Å². The third-order valence-electron chi connectivity index (χ3n) is 15.6. The van der Waals surface area contributed by atoms with E-state index in [2.05, 4.69) is 173 Å². The lowest BCUT2D eigenvalue weighted by Crippen LogP contribution is -2.24. The molecule has 0 bridgehead atoms. The van der Waals surface area contributed by atoms with Crippen LogP contribution in [-0.4, -0.2) is 96.2 Å². The zero-order valence-corrected chi connectivity index (χ0v) is 45.7. The van der Waals surface area contributed by atoms with Crippen LogP contribution in [0.25, 0.3) is 65.4 Å². The molecule has 6 aromatic carbocycles. The van der Waals surface area contributed by atoms with E-state index in [0.717, 1.165) is 142 Å². The molecule has 394 valence electrons. The van der Waals surface area contributed by atoms with Crippen molar-refractivity contribution in [1.82, 2.24) is 29.7 Å². The predicted octanol–water partition coefficient (Wildman–Crippen LogP) is 14.8. The Hall–Kier alpha value is -7.11. The van der Waals surface area contributed by atoms with Crippen molar-refractivity contribution < 1.29 is 0 Å². The van der Waals surface area contributed by atoms with Crippen LogP contribution in [0.4, 0.5) is 22.7 Å². The van der Waals surface area contributed by atoms with Gasteiger partial charge in [0.15, 0.2) is 0 Å². The summed E-state index contributed by atoms with van der Waals surface area (Å²) in [4.78, 5) is 24.5. The maximum Gasteiger partial charge on any atom is 0.0741 e. The molecule has 11 heteroatoms. The van der Waals surface area contributed by atoms with E-state index in [1.165, 1.54) is 103 Å². The van der Waals surface area contributed by atoms with Crippen molar-refractivity contribution in [1.29, 1.82) is 0 Å². The molecule has 4 aromatic heterocycles. The summed E-state index contributed by atoms with van der Waals surface area (Å²) in [6, 6.07) is 48.3. The number of hydrogen-bond donors (Lipinski definition) is 4. The molecule has 2 aliphatic carbocycles. The Balaban J connectivity index is 0.000000164. The van der Waals surface area contributed by atoms with Gasteiger partial charge in [-0.15, -0.1) is 0 Å². The summed E-state index contributed by atoms with van der Waals surface area (Å²) >= 11 is 6.28. The number of nitrogens with zero attached hydrogens (tertiary/aromatic N) is 6. The molecule has 0 atom stereocenters. The van der Waals surface area contributed by atoms with Gasteiger partial charge in [0.2, 0.25) is 0 Å². The minimum absolute atomic E-state index is 0.748. The van der Waals surface area contributed by atoms with E-state index < -0.39 is 0 Å². The largest absolute Gasteiger partial charge is 0.384 e. The van der Waals surface area contributed by atoms with Crippen molar-refractivity contribution in [2.24, 2.45) is 0 Å². The smallest absolute Gasteiger partial charge is 0.0741 e. The molecule has 0 saturated heterocycles. The van der Waals surface area contributed by atoms with Crippen LogP contribution in [0.1, 0.15) is 73.9 Å². The van der Waals surface area contributed by atoms with Crippen molar-refractivity contribution >= 4 is 99.8 Å². The molecule has 10 nitrogen and oxygen atoms in total. The molecular weight excluding hydrogens is 968 g/mol. The monoisotopic (exact) mass is 1040 g/mol. The zero-order chi connectivity index (χ0) is 52.3. The Bertz CT molecular complexity index is 3550. The lowest BCUT2D eigenvalue weighted by Gasteiger charge is -2.22. The molecule has 4 heterocycles. The molecule has 0 spiro atoms. The highest BCUT2D eigenvalue weighted by Crippen LogP contribution is 2.37. The highest BCUT2D eigenvalue weighted by atomic mass is 35.5. The van der Waals surface area contributed by atoms with Gasteiger partial charge >= 0.3 is 0 Å². The number of fused-ring (bicyclic) bond motifs is 8. The van der Waals surface area contributed by atoms with E-state index in [1.54, 1.807) is 0 Å². The van der Waals surface area contributed by atoms with Gasteiger partial charge in [0.05, 0.1) is 44.5 Å². The number of halogens is 1. The molecule has 2 aliphatic rings.